The fourth-order valence-corrected chi connectivity index (χ4v) is 3.12. The molecule has 2 fully saturated rings. The van der Waals surface area contributed by atoms with Gasteiger partial charge in [-0.25, -0.2) is 9.98 Å². The highest BCUT2D eigenvalue weighted by atomic mass is 16.8. The summed E-state index contributed by atoms with van der Waals surface area (Å²) in [5.41, 5.74) is 0. The van der Waals surface area contributed by atoms with Crippen molar-refractivity contribution in [1.82, 2.24) is 4.90 Å². The first kappa shape index (κ1) is 13.9. The lowest BCUT2D eigenvalue weighted by Gasteiger charge is -2.32. The Morgan fingerprint density at radius 2 is 2.14 bits per heavy atom. The minimum absolute atomic E-state index is 0.218. The third-order valence-corrected chi connectivity index (χ3v) is 4.03. The fraction of sp³-hybridized carbons (Fsp3) is 0.692. The molecule has 5 atom stereocenters. The molecule has 1 N–H and O–H groups in total. The minimum Gasteiger partial charge on any atom is -0.394 e. The van der Waals surface area contributed by atoms with Crippen LogP contribution in [-0.2, 0) is 19.0 Å². The number of carbonyl (C=O) groups excluding carboxylic acids is 1. The summed E-state index contributed by atoms with van der Waals surface area (Å²) in [7, 11) is 0. The Balaban J connectivity index is 1.63. The van der Waals surface area contributed by atoms with E-state index >= 15 is 0 Å². The number of fused-ring (bicyclic) bond motifs is 2. The molecule has 0 radical (unpaired) electrons. The van der Waals surface area contributed by atoms with E-state index in [1.54, 1.807) is 13.8 Å². The molecule has 22 heavy (non-hydrogen) atoms. The predicted molar refractivity (Wildman–Crippen MR) is 74.6 cm³/mol. The second-order valence-electron chi connectivity index (χ2n) is 5.96. The van der Waals surface area contributed by atoms with E-state index in [1.807, 2.05) is 0 Å². The van der Waals surface area contributed by atoms with Crippen LogP contribution < -0.4 is 0 Å². The van der Waals surface area contributed by atoms with Crippen molar-refractivity contribution in [2.75, 3.05) is 6.61 Å². The number of carbonyl (C=O) groups is 1. The van der Waals surface area contributed by atoms with Crippen LogP contribution in [0.3, 0.4) is 0 Å². The zero-order chi connectivity index (χ0) is 15.5. The lowest BCUT2D eigenvalue weighted by molar-refractivity contribution is -0.204. The van der Waals surface area contributed by atoms with Crippen LogP contribution in [0.4, 0.5) is 0 Å². The standard InChI is InChI=1S/C13H16N4O5/c1-13(2)21-8-6(3-18)20-12(9(8)22-13)17-5-16-10-7(11(17)19)14-4-15-10/h4-9,12,18H,3H2,1-2H3/t6-,7?,8-,9-,12+/m1/s1. The Morgan fingerprint density at radius 3 is 2.91 bits per heavy atom. The van der Waals surface area contributed by atoms with E-state index in [2.05, 4.69) is 15.0 Å². The van der Waals surface area contributed by atoms with Crippen LogP contribution in [0.1, 0.15) is 13.8 Å². The number of amidine groups is 1. The van der Waals surface area contributed by atoms with Crippen molar-refractivity contribution in [3.05, 3.63) is 0 Å². The van der Waals surface area contributed by atoms with Crippen molar-refractivity contribution in [3.8, 4) is 0 Å². The molecule has 118 valence electrons. The van der Waals surface area contributed by atoms with Gasteiger partial charge >= 0.3 is 0 Å². The predicted octanol–water partition coefficient (Wildman–Crippen LogP) is -1.10. The molecule has 0 spiro atoms. The average molecular weight is 308 g/mol. The van der Waals surface area contributed by atoms with Crippen LogP contribution in [0.15, 0.2) is 15.0 Å². The van der Waals surface area contributed by atoms with E-state index in [1.165, 1.54) is 17.6 Å². The maximum Gasteiger partial charge on any atom is 0.262 e. The lowest BCUT2D eigenvalue weighted by atomic mass is 10.1. The number of aliphatic hydroxyl groups is 1. The topological polar surface area (TPSA) is 105 Å². The maximum atomic E-state index is 12.5. The molecule has 0 aliphatic carbocycles. The third-order valence-electron chi connectivity index (χ3n) is 4.03. The van der Waals surface area contributed by atoms with Gasteiger partial charge in [0.05, 0.1) is 6.61 Å². The summed E-state index contributed by atoms with van der Waals surface area (Å²) >= 11 is 0. The molecule has 0 bridgehead atoms. The minimum atomic E-state index is -0.793. The number of hydrogen-bond donors (Lipinski definition) is 1. The lowest BCUT2D eigenvalue weighted by Crippen LogP contribution is -2.53. The van der Waals surface area contributed by atoms with Crippen molar-refractivity contribution in [2.45, 2.75) is 50.2 Å². The number of aliphatic imine (C=N–C) groups is 3. The molecule has 4 aliphatic heterocycles. The second-order valence-corrected chi connectivity index (χ2v) is 5.96. The zero-order valence-corrected chi connectivity index (χ0v) is 12.1. The first-order chi connectivity index (χ1) is 10.5. The van der Waals surface area contributed by atoms with Gasteiger partial charge in [0.15, 0.2) is 23.9 Å². The third kappa shape index (κ3) is 1.93. The summed E-state index contributed by atoms with van der Waals surface area (Å²) < 4.78 is 17.4. The molecule has 0 aromatic carbocycles. The van der Waals surface area contributed by atoms with Crippen molar-refractivity contribution in [1.29, 1.82) is 0 Å². The molecule has 0 aromatic heterocycles. The first-order valence-electron chi connectivity index (χ1n) is 7.08. The summed E-state index contributed by atoms with van der Waals surface area (Å²) in [5.74, 6) is -0.699. The number of rotatable bonds is 2. The molecule has 9 nitrogen and oxygen atoms in total. The molecule has 0 saturated carbocycles. The SMILES string of the molecule is CC1(C)O[C@@H]2[C@H](O1)[C@@H](CO)O[C@@H]2N1C=NC2=NC=NC2C1=O. The van der Waals surface area contributed by atoms with Crippen LogP contribution in [0.25, 0.3) is 0 Å². The van der Waals surface area contributed by atoms with E-state index in [0.29, 0.717) is 5.84 Å². The van der Waals surface area contributed by atoms with Crippen molar-refractivity contribution in [2.24, 2.45) is 15.0 Å². The number of hydrogen-bond acceptors (Lipinski definition) is 8. The van der Waals surface area contributed by atoms with Crippen LogP contribution in [-0.4, -0.2) is 77.4 Å². The molecule has 1 unspecified atom stereocenters. The fourth-order valence-electron chi connectivity index (χ4n) is 3.12. The van der Waals surface area contributed by atoms with Crippen LogP contribution >= 0.6 is 0 Å². The second kappa shape index (κ2) is 4.66. The van der Waals surface area contributed by atoms with E-state index in [9.17, 15) is 9.90 Å². The molecule has 1 amide bonds. The van der Waals surface area contributed by atoms with Crippen molar-refractivity contribution in [3.63, 3.8) is 0 Å². The Labute approximate surface area is 126 Å². The highest BCUT2D eigenvalue weighted by Gasteiger charge is 2.58. The summed E-state index contributed by atoms with van der Waals surface area (Å²) in [4.78, 5) is 26.0. The highest BCUT2D eigenvalue weighted by Crippen LogP contribution is 2.40. The van der Waals surface area contributed by atoms with Crippen LogP contribution in [0, 0.1) is 0 Å². The maximum absolute atomic E-state index is 12.5. The van der Waals surface area contributed by atoms with E-state index < -0.39 is 36.4 Å². The van der Waals surface area contributed by atoms with Crippen LogP contribution in [0.5, 0.6) is 0 Å². The van der Waals surface area contributed by atoms with Gasteiger partial charge in [0.25, 0.3) is 5.91 Å². The monoisotopic (exact) mass is 308 g/mol. The Kier molecular flexibility index (Phi) is 2.95. The van der Waals surface area contributed by atoms with Gasteiger partial charge in [0.1, 0.15) is 31.0 Å². The Bertz CT molecular complexity index is 601. The van der Waals surface area contributed by atoms with E-state index in [0.717, 1.165) is 0 Å². The van der Waals surface area contributed by atoms with Gasteiger partial charge in [-0.3, -0.25) is 14.7 Å². The van der Waals surface area contributed by atoms with Crippen molar-refractivity contribution < 1.29 is 24.1 Å². The zero-order valence-electron chi connectivity index (χ0n) is 12.1. The van der Waals surface area contributed by atoms with Gasteiger partial charge in [-0.05, 0) is 13.8 Å². The summed E-state index contributed by atoms with van der Waals surface area (Å²) in [5, 5.41) is 9.48. The average Bonchev–Trinajstić information content (AvgIpc) is 3.12. The molecule has 4 aliphatic rings. The van der Waals surface area contributed by atoms with Crippen molar-refractivity contribution >= 4 is 24.4 Å². The molecule has 9 heteroatoms. The summed E-state index contributed by atoms with van der Waals surface area (Å²) in [6.45, 7) is 3.36. The van der Waals surface area contributed by atoms with Gasteiger partial charge in [-0.15, -0.1) is 0 Å². The molecule has 0 aromatic rings. The number of aliphatic hydroxyl groups excluding tert-OH is 1. The van der Waals surface area contributed by atoms with E-state index in [-0.39, 0.29) is 12.5 Å². The summed E-state index contributed by atoms with van der Waals surface area (Å²) in [6, 6.07) is -0.726. The van der Waals surface area contributed by atoms with Gasteiger partial charge in [-0.2, -0.15) is 0 Å². The largest absolute Gasteiger partial charge is 0.394 e. The molecule has 4 rings (SSSR count). The number of amides is 1. The van der Waals surface area contributed by atoms with E-state index in [4.69, 9.17) is 14.2 Å². The Morgan fingerprint density at radius 1 is 1.36 bits per heavy atom. The molecule has 4 heterocycles. The highest BCUT2D eigenvalue weighted by molar-refractivity contribution is 6.19. The normalized spacial score (nSPS) is 41.8. The van der Waals surface area contributed by atoms with Gasteiger partial charge in [-0.1, -0.05) is 0 Å². The quantitative estimate of drug-likeness (QED) is 0.697. The summed E-state index contributed by atoms with van der Waals surface area (Å²) in [6.07, 6.45) is 0.506. The molecular formula is C13H16N4O5. The van der Waals surface area contributed by atoms with Gasteiger partial charge in [0.2, 0.25) is 0 Å². The molecular weight excluding hydrogens is 292 g/mol. The van der Waals surface area contributed by atoms with Gasteiger partial charge in [0, 0.05) is 0 Å². The molecule has 2 saturated heterocycles. The van der Waals surface area contributed by atoms with Gasteiger partial charge < -0.3 is 19.3 Å². The number of ether oxygens (including phenoxy) is 3. The first-order valence-corrected chi connectivity index (χ1v) is 7.08. The number of nitrogens with zero attached hydrogens (tertiary/aromatic N) is 4. The Hall–Kier alpha value is -1.68. The smallest absolute Gasteiger partial charge is 0.262 e. The van der Waals surface area contributed by atoms with Crippen LogP contribution in [0.2, 0.25) is 0 Å².